The maximum absolute atomic E-state index is 14.3. The second-order valence-electron chi connectivity index (χ2n) is 6.39. The summed E-state index contributed by atoms with van der Waals surface area (Å²) in [5.41, 5.74) is 1.34. The van der Waals surface area contributed by atoms with Gasteiger partial charge >= 0.3 is 5.97 Å². The molecule has 3 aromatic carbocycles. The van der Waals surface area contributed by atoms with Crippen LogP contribution in [0.25, 0.3) is 0 Å². The summed E-state index contributed by atoms with van der Waals surface area (Å²) in [7, 11) is 0. The highest BCUT2D eigenvalue weighted by atomic mass is 19.1. The van der Waals surface area contributed by atoms with Crippen LogP contribution in [0.3, 0.4) is 0 Å². The van der Waals surface area contributed by atoms with Crippen LogP contribution in [-0.4, -0.2) is 5.97 Å². The lowest BCUT2D eigenvalue weighted by Gasteiger charge is -2.37. The van der Waals surface area contributed by atoms with Crippen molar-refractivity contribution >= 4 is 5.97 Å². The van der Waals surface area contributed by atoms with E-state index in [0.717, 1.165) is 23.3 Å². The summed E-state index contributed by atoms with van der Waals surface area (Å²) in [5, 5.41) is 3.11. The van der Waals surface area contributed by atoms with Crippen LogP contribution in [0.2, 0.25) is 0 Å². The quantitative estimate of drug-likeness (QED) is 0.688. The number of cyclic esters (lactones) is 1. The van der Waals surface area contributed by atoms with Gasteiger partial charge in [0.2, 0.25) is 0 Å². The number of carbonyl (C=O) groups excluding carboxylic acids is 1. The first-order valence-electron chi connectivity index (χ1n) is 8.65. The van der Waals surface area contributed by atoms with E-state index in [-0.39, 0.29) is 5.56 Å². The average molecular weight is 365 g/mol. The Bertz CT molecular complexity index is 927. The zero-order valence-corrected chi connectivity index (χ0v) is 14.3. The Morgan fingerprint density at radius 2 is 1.30 bits per heavy atom. The highest BCUT2D eigenvalue weighted by Gasteiger charge is 2.41. The molecule has 0 aromatic heterocycles. The zero-order valence-electron chi connectivity index (χ0n) is 14.3. The normalized spacial score (nSPS) is 22.3. The van der Waals surface area contributed by atoms with Gasteiger partial charge in [-0.05, 0) is 23.3 Å². The highest BCUT2D eigenvalue weighted by molar-refractivity contribution is 5.79. The largest absolute Gasteiger partial charge is 0.454 e. The van der Waals surface area contributed by atoms with Crippen molar-refractivity contribution in [3.05, 3.63) is 107 Å². The van der Waals surface area contributed by atoms with Crippen LogP contribution in [0, 0.1) is 11.6 Å². The number of hydrogen-bond donors (Lipinski definition) is 1. The molecule has 4 rings (SSSR count). The lowest BCUT2D eigenvalue weighted by atomic mass is 9.91. The molecule has 3 aromatic rings. The third kappa shape index (κ3) is 3.34. The van der Waals surface area contributed by atoms with E-state index in [2.05, 4.69) is 5.32 Å². The number of benzene rings is 3. The van der Waals surface area contributed by atoms with Crippen molar-refractivity contribution in [2.75, 3.05) is 0 Å². The fourth-order valence-corrected chi connectivity index (χ4v) is 3.42. The Morgan fingerprint density at radius 3 is 1.89 bits per heavy atom. The van der Waals surface area contributed by atoms with Crippen molar-refractivity contribution in [1.29, 1.82) is 0 Å². The smallest absolute Gasteiger partial charge is 0.328 e. The SMILES string of the molecule is O=C1O[C@H](c2ccccc2)[C@H](c2ccccc2)N[C@@H]1c1c(F)cccc1F. The summed E-state index contributed by atoms with van der Waals surface area (Å²) in [6.45, 7) is 0. The third-order valence-electron chi connectivity index (χ3n) is 4.70. The van der Waals surface area contributed by atoms with Crippen molar-refractivity contribution in [3.63, 3.8) is 0 Å². The molecule has 1 heterocycles. The van der Waals surface area contributed by atoms with Gasteiger partial charge in [0.25, 0.3) is 0 Å². The minimum absolute atomic E-state index is 0.324. The maximum Gasteiger partial charge on any atom is 0.328 e. The monoisotopic (exact) mass is 365 g/mol. The van der Waals surface area contributed by atoms with Gasteiger partial charge in [0.1, 0.15) is 23.8 Å². The number of esters is 1. The predicted molar refractivity (Wildman–Crippen MR) is 96.7 cm³/mol. The molecule has 0 radical (unpaired) electrons. The third-order valence-corrected chi connectivity index (χ3v) is 4.70. The number of ether oxygens (including phenoxy) is 1. The van der Waals surface area contributed by atoms with E-state index < -0.39 is 35.8 Å². The van der Waals surface area contributed by atoms with Gasteiger partial charge in [-0.1, -0.05) is 66.7 Å². The molecule has 136 valence electrons. The van der Waals surface area contributed by atoms with Crippen LogP contribution in [0.4, 0.5) is 8.78 Å². The average Bonchev–Trinajstić information content (AvgIpc) is 2.70. The Labute approximate surface area is 155 Å². The number of morpholine rings is 1. The van der Waals surface area contributed by atoms with Gasteiger partial charge < -0.3 is 4.74 Å². The molecule has 1 aliphatic rings. The summed E-state index contributed by atoms with van der Waals surface area (Å²) >= 11 is 0. The van der Waals surface area contributed by atoms with E-state index in [4.69, 9.17) is 4.74 Å². The Morgan fingerprint density at radius 1 is 0.741 bits per heavy atom. The van der Waals surface area contributed by atoms with Crippen molar-refractivity contribution in [2.24, 2.45) is 0 Å². The molecule has 1 aliphatic heterocycles. The lowest BCUT2D eigenvalue weighted by Crippen LogP contribution is -2.44. The topological polar surface area (TPSA) is 38.3 Å². The first-order valence-corrected chi connectivity index (χ1v) is 8.65. The molecule has 3 atom stereocenters. The molecule has 0 amide bonds. The fraction of sp³-hybridized carbons (Fsp3) is 0.136. The van der Waals surface area contributed by atoms with Crippen LogP contribution < -0.4 is 5.32 Å². The number of rotatable bonds is 3. The van der Waals surface area contributed by atoms with Crippen LogP contribution in [0.1, 0.15) is 34.9 Å². The molecule has 0 bridgehead atoms. The Hall–Kier alpha value is -3.05. The van der Waals surface area contributed by atoms with Crippen molar-refractivity contribution in [1.82, 2.24) is 5.32 Å². The molecule has 0 spiro atoms. The molecule has 1 fully saturated rings. The van der Waals surface area contributed by atoms with E-state index in [1.807, 2.05) is 60.7 Å². The minimum atomic E-state index is -1.23. The molecule has 1 N–H and O–H groups in total. The fourth-order valence-electron chi connectivity index (χ4n) is 3.42. The molecule has 27 heavy (non-hydrogen) atoms. The zero-order chi connectivity index (χ0) is 18.8. The first kappa shape index (κ1) is 17.4. The maximum atomic E-state index is 14.3. The summed E-state index contributed by atoms with van der Waals surface area (Å²) in [6.07, 6.45) is -0.604. The van der Waals surface area contributed by atoms with Crippen LogP contribution in [-0.2, 0) is 9.53 Å². The van der Waals surface area contributed by atoms with Crippen molar-refractivity contribution in [3.8, 4) is 0 Å². The van der Waals surface area contributed by atoms with E-state index in [0.29, 0.717) is 0 Å². The molecule has 3 nitrogen and oxygen atoms in total. The summed E-state index contributed by atoms with van der Waals surface area (Å²) in [4.78, 5) is 12.6. The standard InChI is InChI=1S/C22H17F2NO2/c23-16-12-7-13-17(24)18(16)20-22(26)27-21(15-10-5-2-6-11-15)19(25-20)14-8-3-1-4-9-14/h1-13,19-21,25H/t19-,20+,21+/m0/s1. The van der Waals surface area contributed by atoms with Gasteiger partial charge in [-0.3, -0.25) is 5.32 Å². The van der Waals surface area contributed by atoms with Gasteiger partial charge in [0, 0.05) is 0 Å². The number of halogens is 2. The molecule has 0 saturated carbocycles. The van der Waals surface area contributed by atoms with E-state index in [1.54, 1.807) is 0 Å². The van der Waals surface area contributed by atoms with Gasteiger partial charge in [0.05, 0.1) is 11.6 Å². The summed E-state index contributed by atoms with van der Waals surface area (Å²) in [5.74, 6) is -2.27. The molecule has 0 unspecified atom stereocenters. The molecule has 0 aliphatic carbocycles. The van der Waals surface area contributed by atoms with Gasteiger partial charge in [-0.25, -0.2) is 13.6 Å². The van der Waals surface area contributed by atoms with Gasteiger partial charge in [-0.2, -0.15) is 0 Å². The Kier molecular flexibility index (Phi) is 4.69. The van der Waals surface area contributed by atoms with Crippen LogP contribution >= 0.6 is 0 Å². The van der Waals surface area contributed by atoms with Crippen LogP contribution in [0.15, 0.2) is 78.9 Å². The van der Waals surface area contributed by atoms with Crippen molar-refractivity contribution < 1.29 is 18.3 Å². The second-order valence-corrected chi connectivity index (χ2v) is 6.39. The number of hydrogen-bond acceptors (Lipinski definition) is 3. The summed E-state index contributed by atoms with van der Waals surface area (Å²) in [6, 6.07) is 20.6. The van der Waals surface area contributed by atoms with Gasteiger partial charge in [0.15, 0.2) is 0 Å². The highest BCUT2D eigenvalue weighted by Crippen LogP contribution is 2.40. The molecule has 5 heteroatoms. The molecular formula is C22H17F2NO2. The Balaban J connectivity index is 1.77. The van der Waals surface area contributed by atoms with Gasteiger partial charge in [-0.15, -0.1) is 0 Å². The van der Waals surface area contributed by atoms with Crippen LogP contribution in [0.5, 0.6) is 0 Å². The second kappa shape index (κ2) is 7.29. The van der Waals surface area contributed by atoms with E-state index >= 15 is 0 Å². The lowest BCUT2D eigenvalue weighted by molar-refractivity contribution is -0.161. The number of nitrogens with one attached hydrogen (secondary N) is 1. The minimum Gasteiger partial charge on any atom is -0.454 e. The van der Waals surface area contributed by atoms with Crippen molar-refractivity contribution in [2.45, 2.75) is 18.2 Å². The molecular weight excluding hydrogens is 348 g/mol. The predicted octanol–water partition coefficient (Wildman–Crippen LogP) is 4.63. The summed E-state index contributed by atoms with van der Waals surface area (Å²) < 4.78 is 34.2. The molecule has 1 saturated heterocycles. The van der Waals surface area contributed by atoms with E-state index in [1.165, 1.54) is 6.07 Å². The number of carbonyl (C=O) groups is 1. The van der Waals surface area contributed by atoms with E-state index in [9.17, 15) is 13.6 Å². The first-order chi connectivity index (χ1) is 13.1.